The minimum absolute atomic E-state index is 0.680. The second-order valence-corrected chi connectivity index (χ2v) is 7.82. The van der Waals surface area contributed by atoms with Crippen LogP contribution in [0, 0.1) is 6.92 Å². The van der Waals surface area contributed by atoms with Crippen molar-refractivity contribution in [2.24, 2.45) is 0 Å². The van der Waals surface area contributed by atoms with Crippen molar-refractivity contribution in [3.8, 4) is 0 Å². The summed E-state index contributed by atoms with van der Waals surface area (Å²) in [6, 6.07) is 16.8. The zero-order chi connectivity index (χ0) is 18.2. The maximum absolute atomic E-state index is 5.58. The zero-order valence-electron chi connectivity index (χ0n) is 15.1. The molecule has 3 aromatic heterocycles. The minimum Gasteiger partial charge on any atom is -0.372 e. The van der Waals surface area contributed by atoms with Gasteiger partial charge in [-0.2, -0.15) is 0 Å². The van der Waals surface area contributed by atoms with Gasteiger partial charge in [-0.15, -0.1) is 0 Å². The van der Waals surface area contributed by atoms with Gasteiger partial charge in [-0.05, 0) is 36.2 Å². The quantitative estimate of drug-likeness (QED) is 0.506. The summed E-state index contributed by atoms with van der Waals surface area (Å²) in [6.07, 6.45) is 4.05. The van der Waals surface area contributed by atoms with Crippen LogP contribution in [0.25, 0.3) is 11.0 Å². The molecule has 1 aliphatic rings. The van der Waals surface area contributed by atoms with Crippen LogP contribution in [0.5, 0.6) is 0 Å². The van der Waals surface area contributed by atoms with Gasteiger partial charge in [-0.1, -0.05) is 42.1 Å². The summed E-state index contributed by atoms with van der Waals surface area (Å²) >= 11 is 1.70. The lowest BCUT2D eigenvalue weighted by Crippen LogP contribution is -1.98. The summed E-state index contributed by atoms with van der Waals surface area (Å²) in [5.41, 5.74) is 5.84. The van der Waals surface area contributed by atoms with Crippen molar-refractivity contribution in [1.29, 1.82) is 0 Å². The third-order valence-electron chi connectivity index (χ3n) is 4.91. The van der Waals surface area contributed by atoms with Gasteiger partial charge in [0.15, 0.2) is 0 Å². The molecule has 1 aromatic carbocycles. The maximum atomic E-state index is 5.58. The van der Waals surface area contributed by atoms with E-state index in [1.165, 1.54) is 21.6 Å². The summed E-state index contributed by atoms with van der Waals surface area (Å²) in [5, 5.41) is 2.17. The molecule has 0 atom stereocenters. The van der Waals surface area contributed by atoms with E-state index in [-0.39, 0.29) is 0 Å². The van der Waals surface area contributed by atoms with Gasteiger partial charge >= 0.3 is 0 Å². The van der Waals surface area contributed by atoms with Crippen molar-refractivity contribution in [1.82, 2.24) is 14.5 Å². The van der Waals surface area contributed by atoms with Crippen LogP contribution < -0.4 is 0 Å². The van der Waals surface area contributed by atoms with E-state index < -0.39 is 0 Å². The van der Waals surface area contributed by atoms with Gasteiger partial charge in [0.05, 0.1) is 13.2 Å². The van der Waals surface area contributed by atoms with Gasteiger partial charge < -0.3 is 9.30 Å². The number of rotatable bonds is 4. The number of fused-ring (bicyclic) bond motifs is 2. The Morgan fingerprint density at radius 3 is 2.89 bits per heavy atom. The fourth-order valence-corrected chi connectivity index (χ4v) is 4.62. The Hall–Kier alpha value is -2.63. The largest absolute Gasteiger partial charge is 0.372 e. The van der Waals surface area contributed by atoms with Crippen LogP contribution in [0.4, 0.5) is 0 Å². The smallest absolute Gasteiger partial charge is 0.141 e. The molecule has 0 radical (unpaired) electrons. The molecule has 0 amide bonds. The van der Waals surface area contributed by atoms with Crippen LogP contribution >= 0.6 is 11.8 Å². The van der Waals surface area contributed by atoms with Crippen LogP contribution in [0.15, 0.2) is 70.8 Å². The molecule has 0 bridgehead atoms. The van der Waals surface area contributed by atoms with Crippen molar-refractivity contribution < 1.29 is 4.74 Å². The molecule has 4 aromatic rings. The fourth-order valence-electron chi connectivity index (χ4n) is 3.56. The molecule has 134 valence electrons. The predicted molar refractivity (Wildman–Crippen MR) is 107 cm³/mol. The number of nitrogens with zero attached hydrogens (tertiary/aromatic N) is 3. The van der Waals surface area contributed by atoms with Gasteiger partial charge in [0.2, 0.25) is 0 Å². The first-order valence-corrected chi connectivity index (χ1v) is 9.82. The van der Waals surface area contributed by atoms with E-state index in [0.29, 0.717) is 13.2 Å². The Morgan fingerprint density at radius 1 is 1.11 bits per heavy atom. The number of pyridine rings is 2. The summed E-state index contributed by atoms with van der Waals surface area (Å²) in [7, 11) is 0. The van der Waals surface area contributed by atoms with Crippen LogP contribution in [0.3, 0.4) is 0 Å². The Bertz CT molecular complexity index is 1120. The molecular formula is C22H19N3OS. The lowest BCUT2D eigenvalue weighted by Gasteiger charge is -2.06. The van der Waals surface area contributed by atoms with Gasteiger partial charge in [-0.3, -0.25) is 0 Å². The van der Waals surface area contributed by atoms with E-state index in [1.54, 1.807) is 11.8 Å². The maximum Gasteiger partial charge on any atom is 0.141 e. The molecule has 0 N–H and O–H groups in total. The highest BCUT2D eigenvalue weighted by atomic mass is 32.2. The highest BCUT2D eigenvalue weighted by molar-refractivity contribution is 7.99. The standard InChI is InChI=1S/C22H19N3OS/c1-15-19-14-26-13-17(19)10-21(24-15)27-20-12-25(11-16-6-3-2-4-7-16)22-18(20)8-5-9-23-22/h2-10,12H,11,13-14H2,1H3. The first kappa shape index (κ1) is 16.5. The SMILES string of the molecule is Cc1nc(Sc2cn(Cc3ccccc3)c3ncccc23)cc2c1COC2. The number of hydrogen-bond donors (Lipinski definition) is 0. The average molecular weight is 373 g/mol. The van der Waals surface area contributed by atoms with E-state index in [0.717, 1.165) is 28.3 Å². The van der Waals surface area contributed by atoms with Crippen molar-refractivity contribution in [3.63, 3.8) is 0 Å². The predicted octanol–water partition coefficient (Wildman–Crippen LogP) is 4.97. The molecule has 0 unspecified atom stereocenters. The van der Waals surface area contributed by atoms with E-state index in [4.69, 9.17) is 9.72 Å². The molecule has 0 aliphatic carbocycles. The molecule has 0 spiro atoms. The topological polar surface area (TPSA) is 39.9 Å². The monoisotopic (exact) mass is 373 g/mol. The number of aryl methyl sites for hydroxylation is 1. The number of benzene rings is 1. The molecule has 0 fully saturated rings. The number of ether oxygens (including phenoxy) is 1. The second-order valence-electron chi connectivity index (χ2n) is 6.76. The first-order chi connectivity index (χ1) is 13.3. The lowest BCUT2D eigenvalue weighted by molar-refractivity contribution is 0.134. The van der Waals surface area contributed by atoms with Crippen LogP contribution in [-0.4, -0.2) is 14.5 Å². The summed E-state index contributed by atoms with van der Waals surface area (Å²) in [5.74, 6) is 0. The molecule has 1 aliphatic heterocycles. The van der Waals surface area contributed by atoms with Gasteiger partial charge in [-0.25, -0.2) is 9.97 Å². The lowest BCUT2D eigenvalue weighted by atomic mass is 10.1. The van der Waals surface area contributed by atoms with Crippen molar-refractivity contribution in [2.45, 2.75) is 36.6 Å². The third kappa shape index (κ3) is 3.13. The van der Waals surface area contributed by atoms with Crippen LogP contribution in [0.1, 0.15) is 22.4 Å². The number of hydrogen-bond acceptors (Lipinski definition) is 4. The van der Waals surface area contributed by atoms with E-state index >= 15 is 0 Å². The van der Waals surface area contributed by atoms with Crippen LogP contribution in [0.2, 0.25) is 0 Å². The van der Waals surface area contributed by atoms with Crippen molar-refractivity contribution in [3.05, 3.63) is 83.3 Å². The molecule has 0 saturated heterocycles. The Morgan fingerprint density at radius 2 is 2.00 bits per heavy atom. The fraction of sp³-hybridized carbons (Fsp3) is 0.182. The van der Waals surface area contributed by atoms with E-state index in [2.05, 4.69) is 59.1 Å². The van der Waals surface area contributed by atoms with Gasteiger partial charge in [0.1, 0.15) is 10.7 Å². The molecule has 27 heavy (non-hydrogen) atoms. The molecule has 5 rings (SSSR count). The summed E-state index contributed by atoms with van der Waals surface area (Å²) in [4.78, 5) is 10.6. The average Bonchev–Trinajstić information content (AvgIpc) is 3.29. The highest BCUT2D eigenvalue weighted by Crippen LogP contribution is 2.36. The Balaban J connectivity index is 1.53. The Kier molecular flexibility index (Phi) is 4.19. The van der Waals surface area contributed by atoms with Gasteiger partial charge in [0, 0.05) is 40.5 Å². The highest BCUT2D eigenvalue weighted by Gasteiger charge is 2.18. The van der Waals surface area contributed by atoms with E-state index in [1.807, 2.05) is 18.3 Å². The molecule has 0 saturated carbocycles. The van der Waals surface area contributed by atoms with Crippen LogP contribution in [-0.2, 0) is 24.5 Å². The number of aromatic nitrogens is 3. The normalized spacial score (nSPS) is 13.2. The summed E-state index contributed by atoms with van der Waals surface area (Å²) < 4.78 is 7.80. The third-order valence-corrected chi connectivity index (χ3v) is 5.87. The van der Waals surface area contributed by atoms with E-state index in [9.17, 15) is 0 Å². The first-order valence-electron chi connectivity index (χ1n) is 9.01. The zero-order valence-corrected chi connectivity index (χ0v) is 15.9. The molecule has 4 heterocycles. The molecule has 4 nitrogen and oxygen atoms in total. The molecule has 5 heteroatoms. The second kappa shape index (κ2) is 6.83. The summed E-state index contributed by atoms with van der Waals surface area (Å²) in [6.45, 7) is 4.24. The Labute approximate surface area is 162 Å². The van der Waals surface area contributed by atoms with Crippen molar-refractivity contribution >= 4 is 22.8 Å². The molecular weight excluding hydrogens is 354 g/mol. The van der Waals surface area contributed by atoms with Crippen molar-refractivity contribution in [2.75, 3.05) is 0 Å². The minimum atomic E-state index is 0.680. The van der Waals surface area contributed by atoms with Gasteiger partial charge in [0.25, 0.3) is 0 Å².